The smallest absolute Gasteiger partial charge is 0.251 e. The predicted molar refractivity (Wildman–Crippen MR) is 31.7 cm³/mol. The van der Waals surface area contributed by atoms with E-state index in [2.05, 4.69) is 0 Å². The molecule has 0 bridgehead atoms. The van der Waals surface area contributed by atoms with Gasteiger partial charge in [0.15, 0.2) is 0 Å². The molecule has 1 aliphatic rings. The molecule has 2 atom stereocenters. The fraction of sp³-hybridized carbons (Fsp3) is 1.00. The number of rotatable bonds is 0. The minimum atomic E-state index is -2.82. The molecular formula is C6H10F3N. The Morgan fingerprint density at radius 2 is 2.00 bits per heavy atom. The van der Waals surface area contributed by atoms with Crippen LogP contribution < -0.4 is 5.73 Å². The van der Waals surface area contributed by atoms with E-state index in [1.165, 1.54) is 0 Å². The highest BCUT2D eigenvalue weighted by Gasteiger charge is 2.40. The maximum absolute atomic E-state index is 12.5. The summed E-state index contributed by atoms with van der Waals surface area (Å²) in [5, 5.41) is 0. The third kappa shape index (κ3) is 1.62. The van der Waals surface area contributed by atoms with Gasteiger partial charge in [0.2, 0.25) is 0 Å². The highest BCUT2D eigenvalue weighted by Crippen LogP contribution is 2.33. The standard InChI is InChI=1S/C6H10F3N/c7-4-3-6(8,9)2-1-5(4)10/h4-5H,1-3,10H2/t4-,5-/m1/s1. The van der Waals surface area contributed by atoms with Crippen molar-refractivity contribution in [3.8, 4) is 0 Å². The van der Waals surface area contributed by atoms with Crippen LogP contribution in [0.3, 0.4) is 0 Å². The van der Waals surface area contributed by atoms with E-state index >= 15 is 0 Å². The third-order valence-corrected chi connectivity index (χ3v) is 1.80. The Kier molecular flexibility index (Phi) is 1.90. The van der Waals surface area contributed by atoms with Crippen molar-refractivity contribution in [2.75, 3.05) is 0 Å². The van der Waals surface area contributed by atoms with E-state index in [1.807, 2.05) is 0 Å². The van der Waals surface area contributed by atoms with Crippen LogP contribution in [0.4, 0.5) is 13.2 Å². The molecule has 60 valence electrons. The Hall–Kier alpha value is -0.250. The van der Waals surface area contributed by atoms with Gasteiger partial charge >= 0.3 is 0 Å². The number of halogens is 3. The first-order chi connectivity index (χ1) is 4.51. The molecule has 1 nitrogen and oxygen atoms in total. The summed E-state index contributed by atoms with van der Waals surface area (Å²) in [6.45, 7) is 0. The Bertz CT molecular complexity index is 126. The number of alkyl halides is 3. The second-order valence-electron chi connectivity index (χ2n) is 2.78. The van der Waals surface area contributed by atoms with Crippen molar-refractivity contribution >= 4 is 0 Å². The van der Waals surface area contributed by atoms with E-state index in [1.54, 1.807) is 0 Å². The molecule has 0 heterocycles. The van der Waals surface area contributed by atoms with Gasteiger partial charge in [-0.2, -0.15) is 0 Å². The molecule has 0 unspecified atom stereocenters. The monoisotopic (exact) mass is 153 g/mol. The van der Waals surface area contributed by atoms with Crippen LogP contribution in [0.2, 0.25) is 0 Å². The van der Waals surface area contributed by atoms with Crippen LogP contribution >= 0.6 is 0 Å². The molecule has 1 saturated carbocycles. The van der Waals surface area contributed by atoms with Crippen LogP contribution in [0.15, 0.2) is 0 Å². The van der Waals surface area contributed by atoms with Gasteiger partial charge in [-0.3, -0.25) is 0 Å². The largest absolute Gasteiger partial charge is 0.325 e. The lowest BCUT2D eigenvalue weighted by Crippen LogP contribution is -2.42. The lowest BCUT2D eigenvalue weighted by atomic mass is 9.91. The first-order valence-corrected chi connectivity index (χ1v) is 3.29. The van der Waals surface area contributed by atoms with Gasteiger partial charge in [0, 0.05) is 18.9 Å². The van der Waals surface area contributed by atoms with Crippen LogP contribution in [0.5, 0.6) is 0 Å². The lowest BCUT2D eigenvalue weighted by molar-refractivity contribution is -0.0635. The minimum absolute atomic E-state index is 0.0914. The maximum Gasteiger partial charge on any atom is 0.251 e. The molecule has 2 N–H and O–H groups in total. The fourth-order valence-corrected chi connectivity index (χ4v) is 1.10. The zero-order chi connectivity index (χ0) is 7.78. The highest BCUT2D eigenvalue weighted by molar-refractivity contribution is 4.86. The molecule has 0 spiro atoms. The van der Waals surface area contributed by atoms with Crippen LogP contribution in [-0.4, -0.2) is 18.1 Å². The summed E-state index contributed by atoms with van der Waals surface area (Å²) in [5.41, 5.74) is 5.19. The van der Waals surface area contributed by atoms with Gasteiger partial charge in [-0.25, -0.2) is 13.2 Å². The second kappa shape index (κ2) is 2.42. The Morgan fingerprint density at radius 1 is 1.40 bits per heavy atom. The van der Waals surface area contributed by atoms with Crippen molar-refractivity contribution in [1.29, 1.82) is 0 Å². The minimum Gasteiger partial charge on any atom is -0.325 e. The number of nitrogens with two attached hydrogens (primary N) is 1. The number of hydrogen-bond acceptors (Lipinski definition) is 1. The molecule has 10 heavy (non-hydrogen) atoms. The van der Waals surface area contributed by atoms with Crippen molar-refractivity contribution < 1.29 is 13.2 Å². The van der Waals surface area contributed by atoms with Gasteiger partial charge < -0.3 is 5.73 Å². The molecule has 1 rings (SSSR count). The van der Waals surface area contributed by atoms with Crippen molar-refractivity contribution in [3.05, 3.63) is 0 Å². The van der Waals surface area contributed by atoms with Crippen molar-refractivity contribution in [1.82, 2.24) is 0 Å². The molecule has 0 aromatic carbocycles. The third-order valence-electron chi connectivity index (χ3n) is 1.80. The van der Waals surface area contributed by atoms with E-state index in [4.69, 9.17) is 5.73 Å². The molecule has 0 aromatic rings. The summed E-state index contributed by atoms with van der Waals surface area (Å²) >= 11 is 0. The second-order valence-corrected chi connectivity index (χ2v) is 2.78. The van der Waals surface area contributed by atoms with E-state index in [-0.39, 0.29) is 12.8 Å². The Balaban J connectivity index is 2.49. The van der Waals surface area contributed by atoms with Gasteiger partial charge in [-0.15, -0.1) is 0 Å². The quantitative estimate of drug-likeness (QED) is 0.560. The molecule has 0 aliphatic heterocycles. The van der Waals surface area contributed by atoms with Crippen molar-refractivity contribution in [3.63, 3.8) is 0 Å². The van der Waals surface area contributed by atoms with Crippen LogP contribution in [-0.2, 0) is 0 Å². The SMILES string of the molecule is N[C@@H]1CCC(F)(F)C[C@H]1F. The van der Waals surface area contributed by atoms with Gasteiger partial charge in [0.1, 0.15) is 6.17 Å². The molecule has 0 aromatic heterocycles. The fourth-order valence-electron chi connectivity index (χ4n) is 1.10. The van der Waals surface area contributed by atoms with Gasteiger partial charge in [0.05, 0.1) is 0 Å². The molecule has 1 aliphatic carbocycles. The van der Waals surface area contributed by atoms with E-state index < -0.39 is 24.6 Å². The van der Waals surface area contributed by atoms with Gasteiger partial charge in [-0.05, 0) is 6.42 Å². The van der Waals surface area contributed by atoms with Crippen LogP contribution in [0, 0.1) is 0 Å². The summed E-state index contributed by atoms with van der Waals surface area (Å²) in [6, 6.07) is -0.681. The first kappa shape index (κ1) is 7.85. The van der Waals surface area contributed by atoms with Crippen molar-refractivity contribution in [2.24, 2.45) is 5.73 Å². The summed E-state index contributed by atoms with van der Waals surface area (Å²) in [6.07, 6.45) is -2.40. The Morgan fingerprint density at radius 3 is 2.40 bits per heavy atom. The summed E-state index contributed by atoms with van der Waals surface area (Å²) in [7, 11) is 0. The van der Waals surface area contributed by atoms with E-state index in [0.717, 1.165) is 0 Å². The number of hydrogen-bond donors (Lipinski definition) is 1. The van der Waals surface area contributed by atoms with E-state index in [9.17, 15) is 13.2 Å². The topological polar surface area (TPSA) is 26.0 Å². The first-order valence-electron chi connectivity index (χ1n) is 3.29. The van der Waals surface area contributed by atoms with E-state index in [0.29, 0.717) is 0 Å². The zero-order valence-corrected chi connectivity index (χ0v) is 5.49. The van der Waals surface area contributed by atoms with Crippen LogP contribution in [0.1, 0.15) is 19.3 Å². The zero-order valence-electron chi connectivity index (χ0n) is 5.49. The summed E-state index contributed by atoms with van der Waals surface area (Å²) in [5.74, 6) is -2.82. The Labute approximate surface area is 57.4 Å². The summed E-state index contributed by atoms with van der Waals surface area (Å²) < 4.78 is 37.1. The molecule has 0 amide bonds. The molecule has 0 saturated heterocycles. The van der Waals surface area contributed by atoms with Gasteiger partial charge in [0.25, 0.3) is 5.92 Å². The normalized spacial score (nSPS) is 39.6. The average Bonchev–Trinajstić information content (AvgIpc) is 1.79. The average molecular weight is 153 g/mol. The highest BCUT2D eigenvalue weighted by atomic mass is 19.3. The molecule has 0 radical (unpaired) electrons. The molecule has 4 heteroatoms. The molecular weight excluding hydrogens is 143 g/mol. The lowest BCUT2D eigenvalue weighted by Gasteiger charge is -2.28. The molecule has 1 fully saturated rings. The van der Waals surface area contributed by atoms with Crippen LogP contribution in [0.25, 0.3) is 0 Å². The maximum atomic E-state index is 12.5. The predicted octanol–water partition coefficient (Wildman–Crippen LogP) is 1.47. The summed E-state index contributed by atoms with van der Waals surface area (Å²) in [4.78, 5) is 0. The van der Waals surface area contributed by atoms with Crippen molar-refractivity contribution in [2.45, 2.75) is 37.4 Å². The van der Waals surface area contributed by atoms with Gasteiger partial charge in [-0.1, -0.05) is 0 Å².